The van der Waals surface area contributed by atoms with Crippen LogP contribution >= 0.6 is 11.6 Å². The number of anilines is 1. The summed E-state index contributed by atoms with van der Waals surface area (Å²) in [6.07, 6.45) is 0.838. The normalized spacial score (nSPS) is 26.1. The molecule has 3 fully saturated rings. The van der Waals surface area contributed by atoms with Gasteiger partial charge in [0, 0.05) is 44.0 Å². The van der Waals surface area contributed by atoms with Crippen LogP contribution in [0.15, 0.2) is 30.3 Å². The standard InChI is InChI=1S/C23H26ClN5O3/c1-28-7-9-29(10-8-28)15-4-2-14(3-5-15)20-16(24)12-17-22(26-20)27-23(25-17)32-19-13-31-18-6-11-30-21(18)19/h2-5,12,18-19,21H,6-11,13H2,1H3,(H,25,26,27)/t18-,19?,21+/m1/s1. The number of halogens is 1. The summed E-state index contributed by atoms with van der Waals surface area (Å²) in [5.74, 6) is 0. The number of hydrogen-bond acceptors (Lipinski definition) is 7. The third-order valence-corrected chi connectivity index (χ3v) is 6.89. The molecule has 2 aromatic heterocycles. The minimum atomic E-state index is -0.167. The number of pyridine rings is 1. The van der Waals surface area contributed by atoms with E-state index in [9.17, 15) is 0 Å². The van der Waals surface area contributed by atoms with E-state index in [1.807, 2.05) is 6.07 Å². The first-order chi connectivity index (χ1) is 15.6. The molecule has 3 aromatic rings. The molecule has 1 N–H and O–H groups in total. The molecule has 1 aromatic carbocycles. The molecule has 6 rings (SSSR count). The van der Waals surface area contributed by atoms with Crippen molar-refractivity contribution in [3.05, 3.63) is 35.4 Å². The van der Waals surface area contributed by atoms with Gasteiger partial charge in [0.1, 0.15) is 6.10 Å². The zero-order valence-corrected chi connectivity index (χ0v) is 18.7. The molecular weight excluding hydrogens is 430 g/mol. The Balaban J connectivity index is 1.22. The van der Waals surface area contributed by atoms with Gasteiger partial charge in [-0.2, -0.15) is 4.98 Å². The van der Waals surface area contributed by atoms with Gasteiger partial charge in [-0.25, -0.2) is 4.98 Å². The molecule has 0 aliphatic carbocycles. The highest BCUT2D eigenvalue weighted by atomic mass is 35.5. The number of piperazine rings is 1. The van der Waals surface area contributed by atoms with Crippen LogP contribution in [-0.4, -0.2) is 84.6 Å². The Hall–Kier alpha value is -2.39. The molecule has 8 nitrogen and oxygen atoms in total. The summed E-state index contributed by atoms with van der Waals surface area (Å²) in [4.78, 5) is 17.2. The van der Waals surface area contributed by atoms with Crippen LogP contribution in [-0.2, 0) is 9.47 Å². The predicted octanol–water partition coefficient (Wildman–Crippen LogP) is 2.97. The monoisotopic (exact) mass is 455 g/mol. The number of likely N-dealkylation sites (N-methyl/N-ethyl adjacent to an activating group) is 1. The van der Waals surface area contributed by atoms with Gasteiger partial charge in [0.05, 0.1) is 28.9 Å². The van der Waals surface area contributed by atoms with E-state index in [4.69, 9.17) is 30.8 Å². The quantitative estimate of drug-likeness (QED) is 0.648. The van der Waals surface area contributed by atoms with Gasteiger partial charge in [-0.3, -0.25) is 0 Å². The summed E-state index contributed by atoms with van der Waals surface area (Å²) in [7, 11) is 2.16. The number of hydrogen-bond donors (Lipinski definition) is 1. The van der Waals surface area contributed by atoms with E-state index in [1.165, 1.54) is 5.69 Å². The Kier molecular flexibility index (Phi) is 5.18. The van der Waals surface area contributed by atoms with Crippen molar-refractivity contribution in [1.82, 2.24) is 19.9 Å². The van der Waals surface area contributed by atoms with Crippen LogP contribution in [0.4, 0.5) is 5.69 Å². The third kappa shape index (κ3) is 3.71. The van der Waals surface area contributed by atoms with Crippen LogP contribution in [0.2, 0.25) is 5.02 Å². The number of benzene rings is 1. The van der Waals surface area contributed by atoms with E-state index < -0.39 is 0 Å². The van der Waals surface area contributed by atoms with Gasteiger partial charge in [-0.05, 0) is 31.7 Å². The van der Waals surface area contributed by atoms with E-state index in [0.29, 0.717) is 35.6 Å². The van der Waals surface area contributed by atoms with Crippen molar-refractivity contribution in [3.8, 4) is 17.3 Å². The fourth-order valence-corrected chi connectivity index (χ4v) is 4.98. The van der Waals surface area contributed by atoms with Crippen LogP contribution in [0.3, 0.4) is 0 Å². The lowest BCUT2D eigenvalue weighted by atomic mass is 10.1. The summed E-state index contributed by atoms with van der Waals surface area (Å²) >= 11 is 6.59. The van der Waals surface area contributed by atoms with Crippen molar-refractivity contribution >= 4 is 28.5 Å². The molecule has 0 saturated carbocycles. The second-order valence-electron chi connectivity index (χ2n) is 8.72. The smallest absolute Gasteiger partial charge is 0.296 e. The van der Waals surface area contributed by atoms with Crippen LogP contribution in [0.5, 0.6) is 6.01 Å². The number of nitrogens with zero attached hydrogens (tertiary/aromatic N) is 4. The van der Waals surface area contributed by atoms with Gasteiger partial charge >= 0.3 is 0 Å². The Morgan fingerprint density at radius 2 is 1.91 bits per heavy atom. The molecule has 168 valence electrons. The highest BCUT2D eigenvalue weighted by molar-refractivity contribution is 6.33. The second-order valence-corrected chi connectivity index (χ2v) is 9.13. The number of aromatic amines is 1. The van der Waals surface area contributed by atoms with Gasteiger partial charge in [0.2, 0.25) is 0 Å². The molecule has 3 atom stereocenters. The molecule has 0 amide bonds. The number of ether oxygens (including phenoxy) is 3. The number of fused-ring (bicyclic) bond motifs is 2. The van der Waals surface area contributed by atoms with E-state index in [-0.39, 0.29) is 18.3 Å². The van der Waals surface area contributed by atoms with Crippen molar-refractivity contribution in [2.24, 2.45) is 0 Å². The molecule has 0 radical (unpaired) electrons. The lowest BCUT2D eigenvalue weighted by molar-refractivity contribution is 0.0273. The molecule has 32 heavy (non-hydrogen) atoms. The average molecular weight is 456 g/mol. The van der Waals surface area contributed by atoms with Crippen molar-refractivity contribution in [1.29, 1.82) is 0 Å². The van der Waals surface area contributed by atoms with E-state index in [1.54, 1.807) is 0 Å². The zero-order valence-electron chi connectivity index (χ0n) is 18.0. The Bertz CT molecular complexity index is 1110. The van der Waals surface area contributed by atoms with Crippen LogP contribution in [0.25, 0.3) is 22.4 Å². The van der Waals surface area contributed by atoms with Gasteiger partial charge in [0.25, 0.3) is 6.01 Å². The summed E-state index contributed by atoms with van der Waals surface area (Å²) < 4.78 is 17.6. The maximum atomic E-state index is 6.59. The number of rotatable bonds is 4. The number of aromatic nitrogens is 3. The molecule has 3 aliphatic heterocycles. The van der Waals surface area contributed by atoms with Crippen molar-refractivity contribution in [3.63, 3.8) is 0 Å². The zero-order chi connectivity index (χ0) is 21.7. The molecule has 9 heteroatoms. The van der Waals surface area contributed by atoms with Crippen molar-refractivity contribution in [2.45, 2.75) is 24.7 Å². The topological polar surface area (TPSA) is 75.7 Å². The number of H-pyrrole nitrogens is 1. The molecule has 1 unspecified atom stereocenters. The third-order valence-electron chi connectivity index (χ3n) is 6.60. The highest BCUT2D eigenvalue weighted by Crippen LogP contribution is 2.32. The summed E-state index contributed by atoms with van der Waals surface area (Å²) in [5.41, 5.74) is 4.22. The maximum absolute atomic E-state index is 6.59. The van der Waals surface area contributed by atoms with E-state index in [0.717, 1.165) is 43.7 Å². The van der Waals surface area contributed by atoms with E-state index in [2.05, 4.69) is 51.1 Å². The molecule has 3 saturated heterocycles. The lowest BCUT2D eigenvalue weighted by Crippen LogP contribution is -2.44. The van der Waals surface area contributed by atoms with Gasteiger partial charge < -0.3 is 29.0 Å². The van der Waals surface area contributed by atoms with Gasteiger partial charge in [0.15, 0.2) is 11.8 Å². The first-order valence-corrected chi connectivity index (χ1v) is 11.5. The molecule has 3 aliphatic rings. The first kappa shape index (κ1) is 20.2. The Labute approximate surface area is 191 Å². The minimum absolute atomic E-state index is 0.0332. The fraction of sp³-hybridized carbons (Fsp3) is 0.478. The van der Waals surface area contributed by atoms with Crippen LogP contribution < -0.4 is 9.64 Å². The lowest BCUT2D eigenvalue weighted by Gasteiger charge is -2.34. The Morgan fingerprint density at radius 3 is 2.72 bits per heavy atom. The fourth-order valence-electron chi connectivity index (χ4n) is 4.72. The first-order valence-electron chi connectivity index (χ1n) is 11.1. The van der Waals surface area contributed by atoms with Gasteiger partial charge in [-0.1, -0.05) is 23.7 Å². The summed E-state index contributed by atoms with van der Waals surface area (Å²) in [5, 5.41) is 0.573. The predicted molar refractivity (Wildman–Crippen MR) is 123 cm³/mol. The Morgan fingerprint density at radius 1 is 1.09 bits per heavy atom. The van der Waals surface area contributed by atoms with E-state index >= 15 is 0 Å². The minimum Gasteiger partial charge on any atom is -0.456 e. The highest BCUT2D eigenvalue weighted by Gasteiger charge is 2.43. The average Bonchev–Trinajstić information content (AvgIpc) is 3.51. The summed E-state index contributed by atoms with van der Waals surface area (Å²) in [6.45, 7) is 5.45. The molecule has 0 bridgehead atoms. The molecule has 0 spiro atoms. The molecule has 5 heterocycles. The number of imidazole rings is 1. The number of nitrogens with one attached hydrogen (secondary N) is 1. The van der Waals surface area contributed by atoms with Gasteiger partial charge in [-0.15, -0.1) is 0 Å². The largest absolute Gasteiger partial charge is 0.456 e. The molecular formula is C23H26ClN5O3. The SMILES string of the molecule is CN1CCN(c2ccc(-c3nc4nc(OC5CO[C@@H]6CCO[C@H]56)[nH]c4cc3Cl)cc2)CC1. The second kappa shape index (κ2) is 8.19. The summed E-state index contributed by atoms with van der Waals surface area (Å²) in [6, 6.07) is 10.7. The van der Waals surface area contributed by atoms with Crippen molar-refractivity contribution in [2.75, 3.05) is 51.3 Å². The van der Waals surface area contributed by atoms with Crippen LogP contribution in [0.1, 0.15) is 6.42 Å². The van der Waals surface area contributed by atoms with Crippen molar-refractivity contribution < 1.29 is 14.2 Å². The maximum Gasteiger partial charge on any atom is 0.296 e. The van der Waals surface area contributed by atoms with Crippen LogP contribution in [0, 0.1) is 0 Å².